The van der Waals surface area contributed by atoms with Crippen molar-refractivity contribution < 1.29 is 14.3 Å². The van der Waals surface area contributed by atoms with Crippen molar-refractivity contribution in [1.29, 1.82) is 0 Å². The van der Waals surface area contributed by atoms with Crippen molar-refractivity contribution in [3.63, 3.8) is 0 Å². The van der Waals surface area contributed by atoms with Crippen LogP contribution in [0.1, 0.15) is 166 Å². The Labute approximate surface area is 263 Å². The van der Waals surface area contributed by atoms with Crippen molar-refractivity contribution >= 4 is 5.91 Å². The average Bonchev–Trinajstić information content (AvgIpc) is 2.95. The Morgan fingerprint density at radius 3 is 1.88 bits per heavy atom. The monoisotopic (exact) mass is 594 g/mol. The lowest BCUT2D eigenvalue weighted by Crippen LogP contribution is -2.45. The smallest absolute Gasteiger partial charge is 0.222 e. The SMILES string of the molecule is CCCCC(CCCN(CCC)C(=O)CCCCCCCCCOC1OC(CC)C(C)C(C)C1C)C(C(C)C)C(C)C. The van der Waals surface area contributed by atoms with Gasteiger partial charge in [0, 0.05) is 32.0 Å². The van der Waals surface area contributed by atoms with Crippen LogP contribution in [-0.4, -0.2) is 42.9 Å². The second-order valence-corrected chi connectivity index (χ2v) is 14.6. The highest BCUT2D eigenvalue weighted by Crippen LogP contribution is 2.37. The maximum absolute atomic E-state index is 13.1. The number of carbonyl (C=O) groups excluding carboxylic acids is 1. The average molecular weight is 594 g/mol. The Hall–Kier alpha value is -0.610. The minimum absolute atomic E-state index is 0.0366. The largest absolute Gasteiger partial charge is 0.352 e. The van der Waals surface area contributed by atoms with E-state index in [1.54, 1.807) is 0 Å². The molecule has 4 heteroatoms. The van der Waals surface area contributed by atoms with E-state index in [0.717, 1.165) is 81.9 Å². The van der Waals surface area contributed by atoms with Gasteiger partial charge in [-0.15, -0.1) is 0 Å². The minimum Gasteiger partial charge on any atom is -0.352 e. The molecule has 0 bridgehead atoms. The molecule has 0 N–H and O–H groups in total. The lowest BCUT2D eigenvalue weighted by atomic mass is 9.72. The molecule has 1 heterocycles. The van der Waals surface area contributed by atoms with E-state index in [1.807, 2.05) is 0 Å². The highest BCUT2D eigenvalue weighted by Gasteiger charge is 2.38. The van der Waals surface area contributed by atoms with Crippen molar-refractivity contribution in [3.05, 3.63) is 0 Å². The second kappa shape index (κ2) is 22.8. The van der Waals surface area contributed by atoms with Crippen LogP contribution in [0.25, 0.3) is 0 Å². The highest BCUT2D eigenvalue weighted by molar-refractivity contribution is 5.76. The number of hydrogen-bond acceptors (Lipinski definition) is 3. The van der Waals surface area contributed by atoms with Crippen LogP contribution in [-0.2, 0) is 14.3 Å². The predicted molar refractivity (Wildman–Crippen MR) is 182 cm³/mol. The van der Waals surface area contributed by atoms with Crippen LogP contribution < -0.4 is 0 Å². The normalized spacial score (nSPS) is 23.7. The molecule has 1 fully saturated rings. The molecule has 0 aromatic rings. The Morgan fingerprint density at radius 1 is 0.714 bits per heavy atom. The molecule has 1 amide bonds. The second-order valence-electron chi connectivity index (χ2n) is 14.6. The molecule has 4 nitrogen and oxygen atoms in total. The van der Waals surface area contributed by atoms with Gasteiger partial charge in [0.05, 0.1) is 6.10 Å². The first-order valence-electron chi connectivity index (χ1n) is 18.6. The molecule has 0 aliphatic carbocycles. The first-order valence-corrected chi connectivity index (χ1v) is 18.6. The number of carbonyl (C=O) groups is 1. The van der Waals surface area contributed by atoms with Gasteiger partial charge in [-0.25, -0.2) is 0 Å². The summed E-state index contributed by atoms with van der Waals surface area (Å²) in [6.45, 7) is 26.0. The summed E-state index contributed by atoms with van der Waals surface area (Å²) in [5.41, 5.74) is 0. The Bertz CT molecular complexity index is 655. The molecule has 0 radical (unpaired) electrons. The molecule has 42 heavy (non-hydrogen) atoms. The van der Waals surface area contributed by atoms with Crippen molar-refractivity contribution in [3.8, 4) is 0 Å². The van der Waals surface area contributed by atoms with Crippen molar-refractivity contribution in [2.24, 2.45) is 41.4 Å². The van der Waals surface area contributed by atoms with Gasteiger partial charge in [-0.05, 0) is 74.0 Å². The summed E-state index contributed by atoms with van der Waals surface area (Å²) < 4.78 is 12.5. The molecule has 1 rings (SSSR count). The van der Waals surface area contributed by atoms with Gasteiger partial charge in [0.15, 0.2) is 6.29 Å². The fourth-order valence-electron chi connectivity index (χ4n) is 7.79. The van der Waals surface area contributed by atoms with E-state index in [2.05, 4.69) is 74.1 Å². The molecule has 250 valence electrons. The fourth-order valence-corrected chi connectivity index (χ4v) is 7.79. The van der Waals surface area contributed by atoms with Crippen LogP contribution in [0.4, 0.5) is 0 Å². The summed E-state index contributed by atoms with van der Waals surface area (Å²) in [5.74, 6) is 5.14. The van der Waals surface area contributed by atoms with Gasteiger partial charge in [-0.3, -0.25) is 4.79 Å². The zero-order chi connectivity index (χ0) is 31.5. The number of amides is 1. The Kier molecular flexibility index (Phi) is 21.4. The summed E-state index contributed by atoms with van der Waals surface area (Å²) >= 11 is 0. The standard InChI is InChI=1S/C38H75NO3/c1-11-14-23-34(37(29(4)5)30(6)7)24-22-27-39(26-12-2)36(40)25-20-18-16-15-17-19-21-28-41-38-33(10)31(8)32(9)35(13-3)42-38/h29-35,37-38H,11-28H2,1-10H3. The quantitative estimate of drug-likeness (QED) is 0.104. The summed E-state index contributed by atoms with van der Waals surface area (Å²) in [5, 5.41) is 0. The zero-order valence-corrected chi connectivity index (χ0v) is 30.1. The summed E-state index contributed by atoms with van der Waals surface area (Å²) in [6, 6.07) is 0. The van der Waals surface area contributed by atoms with Crippen molar-refractivity contribution in [2.75, 3.05) is 19.7 Å². The lowest BCUT2D eigenvalue weighted by molar-refractivity contribution is -0.248. The van der Waals surface area contributed by atoms with E-state index in [9.17, 15) is 4.79 Å². The van der Waals surface area contributed by atoms with E-state index in [-0.39, 0.29) is 6.29 Å². The van der Waals surface area contributed by atoms with Crippen LogP contribution in [0.3, 0.4) is 0 Å². The number of hydrogen-bond donors (Lipinski definition) is 0. The molecule has 1 aliphatic rings. The number of ether oxygens (including phenoxy) is 2. The van der Waals surface area contributed by atoms with E-state index in [1.165, 1.54) is 57.8 Å². The number of rotatable bonds is 24. The summed E-state index contributed by atoms with van der Waals surface area (Å²) in [7, 11) is 0. The summed E-state index contributed by atoms with van der Waals surface area (Å²) in [4.78, 5) is 15.2. The molecule has 0 saturated carbocycles. The first kappa shape index (κ1) is 39.4. The van der Waals surface area contributed by atoms with E-state index in [0.29, 0.717) is 29.8 Å². The molecule has 0 spiro atoms. The third-order valence-corrected chi connectivity index (χ3v) is 10.6. The molecule has 1 aliphatic heterocycles. The van der Waals surface area contributed by atoms with Gasteiger partial charge in [-0.1, -0.05) is 121 Å². The molecular weight excluding hydrogens is 518 g/mol. The molecule has 0 aromatic heterocycles. The van der Waals surface area contributed by atoms with Gasteiger partial charge in [0.1, 0.15) is 0 Å². The van der Waals surface area contributed by atoms with E-state index >= 15 is 0 Å². The van der Waals surface area contributed by atoms with E-state index < -0.39 is 0 Å². The third-order valence-electron chi connectivity index (χ3n) is 10.6. The molecule has 6 unspecified atom stereocenters. The minimum atomic E-state index is -0.0366. The zero-order valence-electron chi connectivity index (χ0n) is 30.1. The number of unbranched alkanes of at least 4 members (excludes halogenated alkanes) is 7. The van der Waals surface area contributed by atoms with Crippen molar-refractivity contribution in [1.82, 2.24) is 4.90 Å². The number of nitrogens with zero attached hydrogens (tertiary/aromatic N) is 1. The molecule has 1 saturated heterocycles. The first-order chi connectivity index (χ1) is 20.1. The predicted octanol–water partition coefficient (Wildman–Crippen LogP) is 10.9. The maximum Gasteiger partial charge on any atom is 0.222 e. The van der Waals surface area contributed by atoms with Gasteiger partial charge < -0.3 is 14.4 Å². The van der Waals surface area contributed by atoms with Crippen LogP contribution in [0.2, 0.25) is 0 Å². The lowest BCUT2D eigenvalue weighted by Gasteiger charge is -2.43. The van der Waals surface area contributed by atoms with Crippen molar-refractivity contribution in [2.45, 2.75) is 178 Å². The third kappa shape index (κ3) is 14.4. The van der Waals surface area contributed by atoms with Gasteiger partial charge in [-0.2, -0.15) is 0 Å². The maximum atomic E-state index is 13.1. The van der Waals surface area contributed by atoms with Gasteiger partial charge in [0.25, 0.3) is 0 Å². The van der Waals surface area contributed by atoms with Crippen LogP contribution >= 0.6 is 0 Å². The molecular formula is C38H75NO3. The Morgan fingerprint density at radius 2 is 1.31 bits per heavy atom. The van der Waals surface area contributed by atoms with Crippen LogP contribution in [0.5, 0.6) is 0 Å². The fraction of sp³-hybridized carbons (Fsp3) is 0.974. The van der Waals surface area contributed by atoms with Crippen LogP contribution in [0.15, 0.2) is 0 Å². The molecule has 6 atom stereocenters. The summed E-state index contributed by atoms with van der Waals surface area (Å²) in [6.07, 6.45) is 17.8. The van der Waals surface area contributed by atoms with Gasteiger partial charge in [0.2, 0.25) is 5.91 Å². The van der Waals surface area contributed by atoms with Crippen LogP contribution in [0, 0.1) is 41.4 Å². The Balaban J connectivity index is 2.25. The topological polar surface area (TPSA) is 38.8 Å². The van der Waals surface area contributed by atoms with E-state index in [4.69, 9.17) is 9.47 Å². The van der Waals surface area contributed by atoms with Gasteiger partial charge >= 0.3 is 0 Å². The molecule has 0 aromatic carbocycles. The highest BCUT2D eigenvalue weighted by atomic mass is 16.7.